The first-order valence-corrected chi connectivity index (χ1v) is 14.0. The Balaban J connectivity index is 1.20. The van der Waals surface area contributed by atoms with Gasteiger partial charge in [-0.2, -0.15) is 13.2 Å². The van der Waals surface area contributed by atoms with E-state index in [1.807, 2.05) is 24.3 Å². The summed E-state index contributed by atoms with van der Waals surface area (Å²) in [5.41, 5.74) is 0.545. The molecule has 4 nitrogen and oxygen atoms in total. The second-order valence-corrected chi connectivity index (χ2v) is 11.0. The van der Waals surface area contributed by atoms with Gasteiger partial charge in [-0.05, 0) is 105 Å². The largest absolute Gasteiger partial charge is 0.497 e. The summed E-state index contributed by atoms with van der Waals surface area (Å²) >= 11 is 1.55. The van der Waals surface area contributed by atoms with Gasteiger partial charge in [-0.15, -0.1) is 11.8 Å². The lowest BCUT2D eigenvalue weighted by atomic mass is 9.82. The molecule has 1 N–H and O–H groups in total. The quantitative estimate of drug-likeness (QED) is 0.156. The minimum Gasteiger partial charge on any atom is -0.497 e. The molecule has 2 heterocycles. The molecule has 2 aromatic carbocycles. The molecular weight excluding hydrogens is 516 g/mol. The van der Waals surface area contributed by atoms with Crippen molar-refractivity contribution in [2.75, 3.05) is 39.1 Å². The number of rotatable bonds is 11. The van der Waals surface area contributed by atoms with Crippen LogP contribution in [-0.4, -0.2) is 54.1 Å². The number of pyridine rings is 1. The third-order valence-corrected chi connectivity index (χ3v) is 8.41. The number of ether oxygens (including phenoxy) is 1. The van der Waals surface area contributed by atoms with E-state index in [0.29, 0.717) is 18.5 Å². The van der Waals surface area contributed by atoms with E-state index in [0.717, 1.165) is 71.9 Å². The van der Waals surface area contributed by atoms with Crippen molar-refractivity contribution < 1.29 is 27.4 Å². The lowest BCUT2D eigenvalue weighted by Crippen LogP contribution is -2.42. The molecule has 0 radical (unpaired) electrons. The number of aromatic nitrogens is 1. The molecular formula is C29H34F4N2O2S. The molecule has 4 rings (SSSR count). The van der Waals surface area contributed by atoms with Crippen LogP contribution in [0.2, 0.25) is 0 Å². The number of aliphatic hydroxyl groups excluding tert-OH is 1. The maximum Gasteiger partial charge on any atom is 0.416 e. The number of aliphatic hydroxyl groups is 1. The van der Waals surface area contributed by atoms with E-state index in [1.165, 1.54) is 12.1 Å². The lowest BCUT2D eigenvalue weighted by molar-refractivity contribution is -0.137. The summed E-state index contributed by atoms with van der Waals surface area (Å²) in [5, 5.41) is 10.9. The number of piperidine rings is 1. The molecule has 0 spiro atoms. The third kappa shape index (κ3) is 7.61. The summed E-state index contributed by atoms with van der Waals surface area (Å²) in [6.45, 7) is 2.63. The molecule has 3 atom stereocenters. The van der Waals surface area contributed by atoms with Gasteiger partial charge < -0.3 is 14.7 Å². The van der Waals surface area contributed by atoms with Crippen LogP contribution in [0, 0.1) is 11.8 Å². The number of fused-ring (bicyclic) bond motifs is 1. The normalized spacial score (nSPS) is 19.5. The predicted molar refractivity (Wildman–Crippen MR) is 143 cm³/mol. The Morgan fingerprint density at radius 2 is 1.89 bits per heavy atom. The molecule has 1 aliphatic heterocycles. The van der Waals surface area contributed by atoms with Crippen molar-refractivity contribution in [3.05, 3.63) is 65.9 Å². The van der Waals surface area contributed by atoms with E-state index in [-0.39, 0.29) is 18.4 Å². The van der Waals surface area contributed by atoms with Gasteiger partial charge >= 0.3 is 6.18 Å². The van der Waals surface area contributed by atoms with Gasteiger partial charge in [0.05, 0.1) is 23.9 Å². The molecule has 2 unspecified atom stereocenters. The van der Waals surface area contributed by atoms with Crippen molar-refractivity contribution in [2.45, 2.75) is 42.9 Å². The van der Waals surface area contributed by atoms with E-state index in [9.17, 15) is 18.3 Å². The van der Waals surface area contributed by atoms with Crippen LogP contribution in [0.4, 0.5) is 17.6 Å². The fraction of sp³-hybridized carbons (Fsp3) is 0.483. The highest BCUT2D eigenvalue weighted by molar-refractivity contribution is 7.99. The number of alkyl halides is 4. The van der Waals surface area contributed by atoms with Gasteiger partial charge in [-0.3, -0.25) is 0 Å². The van der Waals surface area contributed by atoms with Crippen molar-refractivity contribution in [1.82, 2.24) is 9.88 Å². The van der Waals surface area contributed by atoms with Crippen LogP contribution in [0.1, 0.15) is 43.1 Å². The number of nitrogens with zero attached hydrogens (tertiary/aromatic N) is 2. The van der Waals surface area contributed by atoms with Crippen molar-refractivity contribution in [3.63, 3.8) is 0 Å². The highest BCUT2D eigenvalue weighted by Gasteiger charge is 2.30. The zero-order valence-corrected chi connectivity index (χ0v) is 22.3. The first kappa shape index (κ1) is 28.6. The van der Waals surface area contributed by atoms with Gasteiger partial charge in [-0.25, -0.2) is 9.37 Å². The summed E-state index contributed by atoms with van der Waals surface area (Å²) in [6, 6.07) is 14.4. The fourth-order valence-corrected chi connectivity index (χ4v) is 5.93. The van der Waals surface area contributed by atoms with Crippen LogP contribution in [0.3, 0.4) is 0 Å². The monoisotopic (exact) mass is 550 g/mol. The van der Waals surface area contributed by atoms with E-state index in [2.05, 4.69) is 9.88 Å². The minimum atomic E-state index is -4.31. The summed E-state index contributed by atoms with van der Waals surface area (Å²) in [4.78, 5) is 7.66. The topological polar surface area (TPSA) is 45.6 Å². The Hall–Kier alpha value is -2.36. The number of thioether (sulfide) groups is 1. The van der Waals surface area contributed by atoms with Crippen molar-refractivity contribution in [1.29, 1.82) is 0 Å². The molecule has 0 bridgehead atoms. The van der Waals surface area contributed by atoms with Gasteiger partial charge in [0.1, 0.15) is 11.9 Å². The molecule has 9 heteroatoms. The summed E-state index contributed by atoms with van der Waals surface area (Å²) < 4.78 is 58.4. The van der Waals surface area contributed by atoms with Gasteiger partial charge in [0.15, 0.2) is 0 Å². The highest BCUT2D eigenvalue weighted by atomic mass is 32.2. The number of hydrogen-bond acceptors (Lipinski definition) is 5. The van der Waals surface area contributed by atoms with E-state index in [1.54, 1.807) is 24.9 Å². The van der Waals surface area contributed by atoms with Crippen LogP contribution in [0.25, 0.3) is 10.9 Å². The molecule has 0 amide bonds. The molecule has 206 valence electrons. The van der Waals surface area contributed by atoms with Gasteiger partial charge in [0.2, 0.25) is 0 Å². The highest BCUT2D eigenvalue weighted by Crippen LogP contribution is 2.33. The molecule has 0 aliphatic carbocycles. The minimum absolute atomic E-state index is 0.0779. The van der Waals surface area contributed by atoms with E-state index in [4.69, 9.17) is 4.74 Å². The van der Waals surface area contributed by atoms with Crippen LogP contribution < -0.4 is 4.74 Å². The summed E-state index contributed by atoms with van der Waals surface area (Å²) in [6.07, 6.45) is -2.57. The molecule has 38 heavy (non-hydrogen) atoms. The maximum atomic E-state index is 15.1. The number of halogens is 4. The van der Waals surface area contributed by atoms with Gasteiger partial charge in [0.25, 0.3) is 0 Å². The number of likely N-dealkylation sites (tertiary alicyclic amines) is 1. The zero-order valence-electron chi connectivity index (χ0n) is 21.5. The third-order valence-electron chi connectivity index (χ3n) is 7.31. The second kappa shape index (κ2) is 13.1. The second-order valence-electron chi connectivity index (χ2n) is 9.86. The SMILES string of the molecule is COc1ccc2nc(C(F)CCC3CCN(CCCSc4ccc(C(F)(F)F)cc4)C[C@@H]3CO)ccc2c1. The van der Waals surface area contributed by atoms with Gasteiger partial charge in [-0.1, -0.05) is 6.07 Å². The zero-order chi connectivity index (χ0) is 27.1. The fourth-order valence-electron chi connectivity index (χ4n) is 5.09. The molecule has 1 saturated heterocycles. The molecule has 0 saturated carbocycles. The molecule has 1 aliphatic rings. The first-order chi connectivity index (χ1) is 18.3. The average Bonchev–Trinajstić information content (AvgIpc) is 2.93. The van der Waals surface area contributed by atoms with E-state index < -0.39 is 17.9 Å². The number of hydrogen-bond donors (Lipinski definition) is 1. The van der Waals surface area contributed by atoms with Crippen LogP contribution in [0.5, 0.6) is 5.75 Å². The molecule has 1 fully saturated rings. The first-order valence-electron chi connectivity index (χ1n) is 13.0. The Labute approximate surface area is 225 Å². The van der Waals surface area contributed by atoms with Gasteiger partial charge in [0, 0.05) is 23.4 Å². The molecule has 1 aromatic heterocycles. The number of benzene rings is 2. The Morgan fingerprint density at radius 1 is 1.11 bits per heavy atom. The molecule has 3 aromatic rings. The van der Waals surface area contributed by atoms with Crippen molar-refractivity contribution in [2.24, 2.45) is 11.8 Å². The smallest absolute Gasteiger partial charge is 0.416 e. The Morgan fingerprint density at radius 3 is 2.61 bits per heavy atom. The van der Waals surface area contributed by atoms with Crippen LogP contribution >= 0.6 is 11.8 Å². The van der Waals surface area contributed by atoms with E-state index >= 15 is 4.39 Å². The Kier molecular flexibility index (Phi) is 9.90. The summed E-state index contributed by atoms with van der Waals surface area (Å²) in [5.74, 6) is 1.92. The standard InChI is InChI=1S/C29H34F4N2O2S/c1-37-24-7-12-27-21(17-24)4-11-28(34-27)26(30)10-3-20-13-15-35(18-22(20)19-36)14-2-16-38-25-8-5-23(6-9-25)29(31,32)33/h4-9,11-12,17,20,22,26,36H,2-3,10,13-16,18-19H2,1H3/t20?,22-,26?/m1/s1. The summed E-state index contributed by atoms with van der Waals surface area (Å²) in [7, 11) is 1.61. The maximum absolute atomic E-state index is 15.1. The lowest BCUT2D eigenvalue weighted by Gasteiger charge is -2.38. The van der Waals surface area contributed by atoms with Crippen LogP contribution in [0.15, 0.2) is 59.5 Å². The Bertz CT molecular complexity index is 1180. The average molecular weight is 551 g/mol. The van der Waals surface area contributed by atoms with Crippen molar-refractivity contribution >= 4 is 22.7 Å². The van der Waals surface area contributed by atoms with Crippen LogP contribution in [-0.2, 0) is 6.18 Å². The predicted octanol–water partition coefficient (Wildman–Crippen LogP) is 7.17. The van der Waals surface area contributed by atoms with Crippen molar-refractivity contribution in [3.8, 4) is 5.75 Å². The number of methoxy groups -OCH3 is 1.